The molecule has 0 saturated carbocycles. The van der Waals surface area contributed by atoms with Gasteiger partial charge in [-0.2, -0.15) is 0 Å². The topological polar surface area (TPSA) is 122 Å². The Morgan fingerprint density at radius 1 is 1.32 bits per heavy atom. The molecule has 31 heavy (non-hydrogen) atoms. The maximum Gasteiger partial charge on any atom is 0.340 e. The summed E-state index contributed by atoms with van der Waals surface area (Å²) >= 11 is 1.48. The van der Waals surface area contributed by atoms with E-state index < -0.39 is 16.0 Å². The summed E-state index contributed by atoms with van der Waals surface area (Å²) in [6.07, 6.45) is 0. The zero-order chi connectivity index (χ0) is 22.6. The number of hydrogen-bond acceptors (Lipinski definition) is 9. The van der Waals surface area contributed by atoms with Crippen LogP contribution >= 0.6 is 11.3 Å². The SMILES string of the molecule is Cc1oc(-c2cccs2)nc1COC(=O)c1cc(S(=O)(=O)N(C)C)ccc1NCCO. The minimum atomic E-state index is -3.74. The van der Waals surface area contributed by atoms with E-state index in [1.807, 2.05) is 17.5 Å². The third-order valence-corrected chi connectivity index (χ3v) is 7.05. The first-order chi connectivity index (χ1) is 14.7. The molecule has 0 aliphatic carbocycles. The Labute approximate surface area is 184 Å². The number of aromatic nitrogens is 1. The lowest BCUT2D eigenvalue weighted by molar-refractivity contribution is 0.0467. The van der Waals surface area contributed by atoms with E-state index in [0.717, 1.165) is 9.18 Å². The molecule has 0 aliphatic heterocycles. The molecule has 2 heterocycles. The molecule has 0 saturated heterocycles. The van der Waals surface area contributed by atoms with E-state index in [-0.39, 0.29) is 30.2 Å². The van der Waals surface area contributed by atoms with Gasteiger partial charge in [0.25, 0.3) is 0 Å². The van der Waals surface area contributed by atoms with Crippen LogP contribution in [0.4, 0.5) is 5.69 Å². The number of esters is 1. The van der Waals surface area contributed by atoms with Crippen LogP contribution in [0.3, 0.4) is 0 Å². The first-order valence-electron chi connectivity index (χ1n) is 9.32. The van der Waals surface area contributed by atoms with Crippen LogP contribution in [-0.2, 0) is 21.4 Å². The van der Waals surface area contributed by atoms with E-state index in [1.165, 1.54) is 43.6 Å². The van der Waals surface area contributed by atoms with Gasteiger partial charge in [-0.1, -0.05) is 6.07 Å². The molecule has 0 atom stereocenters. The largest absolute Gasteiger partial charge is 0.455 e. The highest BCUT2D eigenvalue weighted by molar-refractivity contribution is 7.89. The summed E-state index contributed by atoms with van der Waals surface area (Å²) in [6.45, 7) is 1.62. The average Bonchev–Trinajstić information content (AvgIpc) is 3.40. The predicted molar refractivity (Wildman–Crippen MR) is 117 cm³/mol. The summed E-state index contributed by atoms with van der Waals surface area (Å²) in [4.78, 5) is 18.0. The molecule has 0 unspecified atom stereocenters. The van der Waals surface area contributed by atoms with Gasteiger partial charge in [-0.05, 0) is 36.6 Å². The maximum atomic E-state index is 12.8. The van der Waals surface area contributed by atoms with Crippen LogP contribution in [0.1, 0.15) is 21.8 Å². The number of sulfonamides is 1. The molecular weight excluding hydrogens is 442 g/mol. The fourth-order valence-electron chi connectivity index (χ4n) is 2.69. The van der Waals surface area contributed by atoms with Crippen molar-refractivity contribution in [2.75, 3.05) is 32.6 Å². The quantitative estimate of drug-likeness (QED) is 0.463. The van der Waals surface area contributed by atoms with Gasteiger partial charge in [0, 0.05) is 26.3 Å². The van der Waals surface area contributed by atoms with Crippen molar-refractivity contribution in [1.82, 2.24) is 9.29 Å². The zero-order valence-corrected chi connectivity index (χ0v) is 18.9. The summed E-state index contributed by atoms with van der Waals surface area (Å²) in [5.41, 5.74) is 0.864. The normalized spacial score (nSPS) is 11.6. The first kappa shape index (κ1) is 22.9. The number of rotatable bonds is 9. The Kier molecular flexibility index (Phi) is 7.11. The van der Waals surface area contributed by atoms with E-state index in [1.54, 1.807) is 6.92 Å². The Morgan fingerprint density at radius 3 is 2.74 bits per heavy atom. The molecule has 11 heteroatoms. The fraction of sp³-hybridized carbons (Fsp3) is 0.300. The Hall–Kier alpha value is -2.73. The number of benzene rings is 1. The summed E-state index contributed by atoms with van der Waals surface area (Å²) < 4.78 is 37.0. The second-order valence-electron chi connectivity index (χ2n) is 6.72. The van der Waals surface area contributed by atoms with Gasteiger partial charge in [0.15, 0.2) is 0 Å². The standard InChI is InChI=1S/C20H23N3O6S2/c1-13-17(22-19(29-13)18-5-4-10-30-18)12-28-20(25)15-11-14(31(26,27)23(2)3)6-7-16(15)21-8-9-24/h4-7,10-11,21,24H,8-9,12H2,1-3H3. The number of aryl methyl sites for hydroxylation is 1. The molecule has 2 aromatic heterocycles. The molecule has 0 amide bonds. The molecular formula is C20H23N3O6S2. The zero-order valence-electron chi connectivity index (χ0n) is 17.3. The number of nitrogens with one attached hydrogen (secondary N) is 1. The van der Waals surface area contributed by atoms with Crippen LogP contribution in [0.2, 0.25) is 0 Å². The average molecular weight is 466 g/mol. The lowest BCUT2D eigenvalue weighted by atomic mass is 10.1. The lowest BCUT2D eigenvalue weighted by Gasteiger charge is -2.15. The van der Waals surface area contributed by atoms with Crippen molar-refractivity contribution < 1.29 is 27.5 Å². The number of carbonyl (C=O) groups excluding carboxylic acids is 1. The molecule has 9 nitrogen and oxygen atoms in total. The van der Waals surface area contributed by atoms with Crippen LogP contribution in [-0.4, -0.2) is 56.0 Å². The number of carbonyl (C=O) groups is 1. The Morgan fingerprint density at radius 2 is 2.10 bits per heavy atom. The van der Waals surface area contributed by atoms with E-state index in [0.29, 0.717) is 23.0 Å². The number of ether oxygens (including phenoxy) is 1. The van der Waals surface area contributed by atoms with Gasteiger partial charge in [0.05, 0.1) is 21.9 Å². The number of anilines is 1. The Bertz CT molecular complexity index is 1150. The summed E-state index contributed by atoms with van der Waals surface area (Å²) in [6, 6.07) is 7.88. The maximum absolute atomic E-state index is 12.8. The third-order valence-electron chi connectivity index (χ3n) is 4.38. The minimum absolute atomic E-state index is 0.0380. The molecule has 0 bridgehead atoms. The highest BCUT2D eigenvalue weighted by Crippen LogP contribution is 2.27. The molecule has 0 fully saturated rings. The molecule has 0 radical (unpaired) electrons. The highest BCUT2D eigenvalue weighted by Gasteiger charge is 2.23. The van der Waals surface area contributed by atoms with Crippen LogP contribution in [0, 0.1) is 6.92 Å². The van der Waals surface area contributed by atoms with Gasteiger partial charge in [-0.25, -0.2) is 22.5 Å². The van der Waals surface area contributed by atoms with Crippen molar-refractivity contribution in [3.63, 3.8) is 0 Å². The van der Waals surface area contributed by atoms with Gasteiger partial charge >= 0.3 is 5.97 Å². The second kappa shape index (κ2) is 9.60. The Balaban J connectivity index is 1.84. The van der Waals surface area contributed by atoms with Crippen molar-refractivity contribution in [2.24, 2.45) is 0 Å². The predicted octanol–water partition coefficient (Wildman–Crippen LogP) is 2.72. The number of nitrogens with zero attached hydrogens (tertiary/aromatic N) is 2. The van der Waals surface area contributed by atoms with Crippen molar-refractivity contribution in [1.29, 1.82) is 0 Å². The number of aliphatic hydroxyl groups excluding tert-OH is 1. The molecule has 3 aromatic rings. The van der Waals surface area contributed by atoms with E-state index in [2.05, 4.69) is 10.3 Å². The van der Waals surface area contributed by atoms with Gasteiger partial charge in [-0.15, -0.1) is 11.3 Å². The second-order valence-corrected chi connectivity index (χ2v) is 9.82. The van der Waals surface area contributed by atoms with Crippen molar-refractivity contribution >= 4 is 33.0 Å². The smallest absolute Gasteiger partial charge is 0.340 e. The van der Waals surface area contributed by atoms with Crippen molar-refractivity contribution in [3.8, 4) is 10.8 Å². The fourth-order valence-corrected chi connectivity index (χ4v) is 4.26. The number of oxazole rings is 1. The van der Waals surface area contributed by atoms with Crippen LogP contribution in [0.25, 0.3) is 10.8 Å². The van der Waals surface area contributed by atoms with Gasteiger partial charge < -0.3 is 19.6 Å². The van der Waals surface area contributed by atoms with Gasteiger partial charge in [0.2, 0.25) is 15.9 Å². The van der Waals surface area contributed by atoms with Crippen LogP contribution in [0.5, 0.6) is 0 Å². The van der Waals surface area contributed by atoms with Crippen LogP contribution in [0.15, 0.2) is 45.0 Å². The summed E-state index contributed by atoms with van der Waals surface area (Å²) in [7, 11) is -0.931. The van der Waals surface area contributed by atoms with Gasteiger partial charge in [-0.3, -0.25) is 0 Å². The third kappa shape index (κ3) is 5.13. The summed E-state index contributed by atoms with van der Waals surface area (Å²) in [5, 5.41) is 13.9. The number of aliphatic hydroxyl groups is 1. The van der Waals surface area contributed by atoms with Crippen molar-refractivity contribution in [3.05, 3.63) is 52.7 Å². The van der Waals surface area contributed by atoms with E-state index in [9.17, 15) is 13.2 Å². The minimum Gasteiger partial charge on any atom is -0.455 e. The monoisotopic (exact) mass is 465 g/mol. The first-order valence-corrected chi connectivity index (χ1v) is 11.6. The van der Waals surface area contributed by atoms with E-state index >= 15 is 0 Å². The molecule has 0 aliphatic rings. The van der Waals surface area contributed by atoms with Crippen LogP contribution < -0.4 is 5.32 Å². The lowest BCUT2D eigenvalue weighted by Crippen LogP contribution is -2.23. The number of thiophene rings is 1. The molecule has 3 rings (SSSR count). The van der Waals surface area contributed by atoms with Crippen molar-refractivity contribution in [2.45, 2.75) is 18.4 Å². The van der Waals surface area contributed by atoms with E-state index in [4.69, 9.17) is 14.3 Å². The summed E-state index contributed by atoms with van der Waals surface area (Å²) in [5.74, 6) is 0.248. The van der Waals surface area contributed by atoms with Gasteiger partial charge in [0.1, 0.15) is 18.1 Å². The molecule has 2 N–H and O–H groups in total. The highest BCUT2D eigenvalue weighted by atomic mass is 32.2. The molecule has 166 valence electrons. The molecule has 0 spiro atoms. The molecule has 1 aromatic carbocycles. The number of hydrogen-bond donors (Lipinski definition) is 2.